The van der Waals surface area contributed by atoms with E-state index in [4.69, 9.17) is 5.53 Å². The summed E-state index contributed by atoms with van der Waals surface area (Å²) in [6, 6.07) is 0. The van der Waals surface area contributed by atoms with Gasteiger partial charge in [0.25, 0.3) is 0 Å². The zero-order valence-electron chi connectivity index (χ0n) is 13.2. The van der Waals surface area contributed by atoms with Gasteiger partial charge in [-0.2, -0.15) is 0 Å². The van der Waals surface area contributed by atoms with Crippen molar-refractivity contribution in [3.05, 3.63) is 10.4 Å². The second kappa shape index (κ2) is 4.91. The fourth-order valence-electron chi connectivity index (χ4n) is 6.57. The van der Waals surface area contributed by atoms with Crippen LogP contribution >= 0.6 is 0 Å². The van der Waals surface area contributed by atoms with Gasteiger partial charge in [-0.05, 0) is 66.2 Å². The van der Waals surface area contributed by atoms with Crippen LogP contribution in [0.2, 0.25) is 0 Å². The third-order valence-corrected chi connectivity index (χ3v) is 5.87. The van der Waals surface area contributed by atoms with Gasteiger partial charge in [-0.15, -0.1) is 0 Å². The molecule has 4 rings (SSSR count). The molecule has 0 aromatic rings. The SMILES string of the molecule is CC12CC3CC(C)(C1)CC(CC(=O)NCCN=[N+]=[N-])(C3)C2. The van der Waals surface area contributed by atoms with E-state index in [9.17, 15) is 4.79 Å². The van der Waals surface area contributed by atoms with Crippen LogP contribution in [-0.4, -0.2) is 19.0 Å². The van der Waals surface area contributed by atoms with Crippen LogP contribution < -0.4 is 5.32 Å². The second-order valence-electron chi connectivity index (χ2n) is 8.61. The van der Waals surface area contributed by atoms with Crippen LogP contribution in [0.1, 0.15) is 58.8 Å². The van der Waals surface area contributed by atoms with Crippen LogP contribution in [0, 0.1) is 22.2 Å². The van der Waals surface area contributed by atoms with Gasteiger partial charge in [-0.3, -0.25) is 4.79 Å². The van der Waals surface area contributed by atoms with Crippen LogP contribution in [-0.2, 0) is 4.79 Å². The van der Waals surface area contributed by atoms with Crippen molar-refractivity contribution in [1.82, 2.24) is 5.32 Å². The Balaban J connectivity index is 1.65. The van der Waals surface area contributed by atoms with Gasteiger partial charge in [-0.25, -0.2) is 0 Å². The second-order valence-corrected chi connectivity index (χ2v) is 8.61. The average molecular weight is 290 g/mol. The Morgan fingerprint density at radius 1 is 1.24 bits per heavy atom. The first-order chi connectivity index (χ1) is 9.86. The van der Waals surface area contributed by atoms with Crippen molar-refractivity contribution >= 4 is 5.91 Å². The predicted octanol–water partition coefficient (Wildman–Crippen LogP) is 3.80. The Morgan fingerprint density at radius 2 is 1.90 bits per heavy atom. The summed E-state index contributed by atoms with van der Waals surface area (Å²) in [7, 11) is 0. The molecule has 0 aliphatic heterocycles. The first-order valence-corrected chi connectivity index (χ1v) is 8.14. The number of nitrogens with zero attached hydrogens (tertiary/aromatic N) is 3. The van der Waals surface area contributed by atoms with Crippen molar-refractivity contribution in [3.8, 4) is 0 Å². The van der Waals surface area contributed by atoms with Gasteiger partial charge >= 0.3 is 0 Å². The number of carbonyl (C=O) groups excluding carboxylic acids is 1. The number of hydrogen-bond acceptors (Lipinski definition) is 2. The average Bonchev–Trinajstić information content (AvgIpc) is 2.29. The number of carbonyl (C=O) groups is 1. The minimum absolute atomic E-state index is 0.136. The lowest BCUT2D eigenvalue weighted by molar-refractivity contribution is -0.156. The van der Waals surface area contributed by atoms with Crippen LogP contribution in [0.25, 0.3) is 10.4 Å². The van der Waals surface area contributed by atoms with Gasteiger partial charge in [0.05, 0.1) is 0 Å². The van der Waals surface area contributed by atoms with Crippen molar-refractivity contribution in [2.45, 2.75) is 58.8 Å². The first-order valence-electron chi connectivity index (χ1n) is 8.14. The molecule has 1 N–H and O–H groups in total. The molecular weight excluding hydrogens is 264 g/mol. The molecule has 0 spiro atoms. The highest BCUT2D eigenvalue weighted by atomic mass is 16.1. The molecule has 0 radical (unpaired) electrons. The maximum atomic E-state index is 12.3. The highest BCUT2D eigenvalue weighted by Gasteiger charge is 2.60. The van der Waals surface area contributed by atoms with Gasteiger partial charge in [0.1, 0.15) is 0 Å². The van der Waals surface area contributed by atoms with Crippen LogP contribution in [0.3, 0.4) is 0 Å². The van der Waals surface area contributed by atoms with E-state index in [1.54, 1.807) is 0 Å². The summed E-state index contributed by atoms with van der Waals surface area (Å²) >= 11 is 0. The largest absolute Gasteiger partial charge is 0.356 e. The van der Waals surface area contributed by atoms with E-state index >= 15 is 0 Å². The minimum atomic E-state index is 0.136. The summed E-state index contributed by atoms with van der Waals surface area (Å²) in [5.74, 6) is 0.963. The lowest BCUT2D eigenvalue weighted by atomic mass is 9.40. The summed E-state index contributed by atoms with van der Waals surface area (Å²) in [5.41, 5.74) is 9.39. The van der Waals surface area contributed by atoms with Crippen molar-refractivity contribution in [2.75, 3.05) is 13.1 Å². The molecule has 4 bridgehead atoms. The van der Waals surface area contributed by atoms with Crippen molar-refractivity contribution in [1.29, 1.82) is 0 Å². The fraction of sp³-hybridized carbons (Fsp3) is 0.938. The van der Waals surface area contributed by atoms with Crippen LogP contribution in [0.15, 0.2) is 5.11 Å². The lowest BCUT2D eigenvalue weighted by Crippen LogP contribution is -2.56. The summed E-state index contributed by atoms with van der Waals surface area (Å²) in [4.78, 5) is 15.0. The zero-order valence-corrected chi connectivity index (χ0v) is 13.2. The number of hydrogen-bond donors (Lipinski definition) is 1. The van der Waals surface area contributed by atoms with Crippen LogP contribution in [0.4, 0.5) is 0 Å². The molecule has 2 atom stereocenters. The molecule has 4 saturated carbocycles. The van der Waals surface area contributed by atoms with Gasteiger partial charge in [0.15, 0.2) is 0 Å². The molecule has 0 heterocycles. The third-order valence-electron chi connectivity index (χ3n) is 5.87. The van der Waals surface area contributed by atoms with Gasteiger partial charge in [0.2, 0.25) is 5.91 Å². The predicted molar refractivity (Wildman–Crippen MR) is 81.5 cm³/mol. The van der Waals surface area contributed by atoms with Gasteiger partial charge in [-0.1, -0.05) is 19.0 Å². The Labute approximate surface area is 126 Å². The van der Waals surface area contributed by atoms with Crippen molar-refractivity contribution < 1.29 is 4.79 Å². The highest BCUT2D eigenvalue weighted by Crippen LogP contribution is 2.70. The molecule has 0 aromatic carbocycles. The molecule has 5 nitrogen and oxygen atoms in total. The molecular formula is C16H26N4O. The van der Waals surface area contributed by atoms with Crippen molar-refractivity contribution in [3.63, 3.8) is 0 Å². The standard InChI is InChI=1S/C16H26N4O/c1-14-5-12-6-15(2,9-14)11-16(7-12,10-14)8-13(21)18-3-4-19-20-17/h12H,3-11H2,1-2H3,(H,18,21). The van der Waals surface area contributed by atoms with E-state index in [1.807, 2.05) is 0 Å². The first kappa shape index (κ1) is 14.7. The van der Waals surface area contributed by atoms with E-state index in [2.05, 4.69) is 29.2 Å². The highest BCUT2D eigenvalue weighted by molar-refractivity contribution is 5.76. The number of nitrogens with one attached hydrogen (secondary N) is 1. The summed E-state index contributed by atoms with van der Waals surface area (Å²) in [5, 5.41) is 6.37. The monoisotopic (exact) mass is 290 g/mol. The Kier molecular flexibility index (Phi) is 3.44. The molecule has 116 valence electrons. The number of amides is 1. The molecule has 0 saturated heterocycles. The molecule has 2 unspecified atom stereocenters. The molecule has 4 fully saturated rings. The maximum absolute atomic E-state index is 12.3. The Morgan fingerprint density at radius 3 is 2.48 bits per heavy atom. The maximum Gasteiger partial charge on any atom is 0.220 e. The fourth-order valence-corrected chi connectivity index (χ4v) is 6.57. The quantitative estimate of drug-likeness (QED) is 0.355. The van der Waals surface area contributed by atoms with E-state index in [-0.39, 0.29) is 11.3 Å². The van der Waals surface area contributed by atoms with E-state index < -0.39 is 0 Å². The van der Waals surface area contributed by atoms with E-state index in [1.165, 1.54) is 38.5 Å². The molecule has 5 heteroatoms. The summed E-state index contributed by atoms with van der Waals surface area (Å²) in [6.45, 7) is 5.66. The Bertz CT molecular complexity index is 479. The lowest BCUT2D eigenvalue weighted by Gasteiger charge is -2.65. The molecule has 4 aliphatic rings. The summed E-state index contributed by atoms with van der Waals surface area (Å²) in [6.07, 6.45) is 8.40. The normalized spacial score (nSPS) is 43.4. The third kappa shape index (κ3) is 2.89. The molecule has 4 aliphatic carbocycles. The summed E-state index contributed by atoms with van der Waals surface area (Å²) < 4.78 is 0. The van der Waals surface area contributed by atoms with E-state index in [0.717, 1.165) is 5.92 Å². The van der Waals surface area contributed by atoms with E-state index in [0.29, 0.717) is 30.3 Å². The molecule has 1 amide bonds. The number of rotatable bonds is 5. The van der Waals surface area contributed by atoms with Crippen molar-refractivity contribution in [2.24, 2.45) is 27.3 Å². The molecule has 0 aromatic heterocycles. The topological polar surface area (TPSA) is 77.9 Å². The zero-order chi connectivity index (χ0) is 15.1. The van der Waals surface area contributed by atoms with Crippen LogP contribution in [0.5, 0.6) is 0 Å². The number of azide groups is 1. The van der Waals surface area contributed by atoms with Gasteiger partial charge in [0, 0.05) is 24.4 Å². The minimum Gasteiger partial charge on any atom is -0.356 e. The smallest absolute Gasteiger partial charge is 0.220 e. The Hall–Kier alpha value is -1.22. The van der Waals surface area contributed by atoms with Gasteiger partial charge < -0.3 is 5.32 Å². The molecule has 21 heavy (non-hydrogen) atoms.